The number of nitrogens with zero attached hydrogens (tertiary/aromatic N) is 2. The molecule has 0 radical (unpaired) electrons. The fraction of sp³-hybridized carbons (Fsp3) is 0.680. The van der Waals surface area contributed by atoms with Crippen molar-refractivity contribution in [2.45, 2.75) is 72.6 Å². The van der Waals surface area contributed by atoms with Crippen LogP contribution in [0.15, 0.2) is 28.9 Å². The fourth-order valence-corrected chi connectivity index (χ4v) is 5.19. The van der Waals surface area contributed by atoms with Crippen molar-refractivity contribution >= 4 is 11.7 Å². The van der Waals surface area contributed by atoms with Gasteiger partial charge in [-0.1, -0.05) is 52.2 Å². The van der Waals surface area contributed by atoms with Crippen LogP contribution in [0.2, 0.25) is 0 Å². The van der Waals surface area contributed by atoms with E-state index in [-0.39, 0.29) is 5.92 Å². The topological polar surface area (TPSA) is 58.7 Å². The standard InChI is InChI=1S/C15H20FN3O.C10H18/c1-3-5-7-8-12(10-16)13-11-19(15(17)20)18-14(13)9-6-4-2;1-9(2)8-4-6-10(9,3)7-5-8/h1,5,7-8,13H,4,6,9-11H2,2H3,(H2,17,20);8H,4-7H2,1-3H3/b7-5-,12-8+;. The zero-order valence-corrected chi connectivity index (χ0v) is 19.1. The molecule has 3 rings (SSSR count). The van der Waals surface area contributed by atoms with Gasteiger partial charge in [-0.25, -0.2) is 14.2 Å². The molecule has 5 heteroatoms. The number of nitrogens with two attached hydrogens (primary N) is 1. The van der Waals surface area contributed by atoms with Crippen LogP contribution in [-0.4, -0.2) is 30.0 Å². The molecule has 2 amide bonds. The number of amides is 2. The van der Waals surface area contributed by atoms with Crippen molar-refractivity contribution in [3.05, 3.63) is 23.8 Å². The Labute approximate surface area is 181 Å². The molecule has 2 aliphatic carbocycles. The molecule has 4 nitrogen and oxygen atoms in total. The van der Waals surface area contributed by atoms with Crippen LogP contribution >= 0.6 is 0 Å². The number of carbonyl (C=O) groups is 1. The van der Waals surface area contributed by atoms with E-state index in [1.54, 1.807) is 12.2 Å². The van der Waals surface area contributed by atoms with E-state index in [0.717, 1.165) is 30.9 Å². The second kappa shape index (κ2) is 10.3. The predicted octanol–water partition coefficient (Wildman–Crippen LogP) is 5.85. The van der Waals surface area contributed by atoms with E-state index in [1.165, 1.54) is 36.8 Å². The van der Waals surface area contributed by atoms with E-state index in [4.69, 9.17) is 12.2 Å². The lowest BCUT2D eigenvalue weighted by atomic mass is 9.71. The molecular formula is C25H38FN3O. The first-order chi connectivity index (χ1) is 14.2. The Bertz CT molecular complexity index is 733. The highest BCUT2D eigenvalue weighted by atomic mass is 19.1. The van der Waals surface area contributed by atoms with Gasteiger partial charge in [-0.15, -0.1) is 6.42 Å². The predicted molar refractivity (Wildman–Crippen MR) is 123 cm³/mol. The molecule has 1 atom stereocenters. The van der Waals surface area contributed by atoms with Crippen molar-refractivity contribution in [1.29, 1.82) is 0 Å². The van der Waals surface area contributed by atoms with Crippen molar-refractivity contribution < 1.29 is 9.18 Å². The van der Waals surface area contributed by atoms with Crippen LogP contribution in [0, 0.1) is 35.0 Å². The molecule has 0 aromatic heterocycles. The molecule has 0 spiro atoms. The van der Waals surface area contributed by atoms with Crippen LogP contribution in [0.25, 0.3) is 0 Å². The number of urea groups is 1. The number of allylic oxidation sites excluding steroid dienone is 3. The van der Waals surface area contributed by atoms with Crippen molar-refractivity contribution in [1.82, 2.24) is 5.01 Å². The van der Waals surface area contributed by atoms with Gasteiger partial charge in [-0.2, -0.15) is 5.10 Å². The molecule has 1 unspecified atom stereocenters. The summed E-state index contributed by atoms with van der Waals surface area (Å²) in [5.74, 6) is 3.19. The average Bonchev–Trinajstić information content (AvgIpc) is 3.30. The van der Waals surface area contributed by atoms with Crippen LogP contribution in [0.1, 0.15) is 72.6 Å². The number of terminal acetylenes is 1. The molecule has 30 heavy (non-hydrogen) atoms. The molecule has 1 aliphatic heterocycles. The number of primary amides is 1. The Morgan fingerprint density at radius 2 is 2.03 bits per heavy atom. The maximum Gasteiger partial charge on any atom is 0.335 e. The number of halogens is 1. The molecule has 3 aliphatic rings. The van der Waals surface area contributed by atoms with E-state index in [2.05, 4.69) is 38.7 Å². The number of rotatable bonds is 6. The minimum Gasteiger partial charge on any atom is -0.350 e. The summed E-state index contributed by atoms with van der Waals surface area (Å²) in [6.07, 6.45) is 18.6. The molecule has 2 N–H and O–H groups in total. The zero-order chi connectivity index (χ0) is 22.4. The number of hydrogen-bond donors (Lipinski definition) is 1. The summed E-state index contributed by atoms with van der Waals surface area (Å²) in [6, 6.07) is -0.612. The normalized spacial score (nSPS) is 29.5. The number of carbonyl (C=O) groups excluding carboxylic acids is 1. The summed E-state index contributed by atoms with van der Waals surface area (Å²) in [5.41, 5.74) is 7.98. The van der Waals surface area contributed by atoms with Gasteiger partial charge in [0, 0.05) is 11.6 Å². The van der Waals surface area contributed by atoms with Crippen molar-refractivity contribution in [2.24, 2.45) is 33.5 Å². The molecule has 2 saturated carbocycles. The Morgan fingerprint density at radius 1 is 1.37 bits per heavy atom. The Hall–Kier alpha value is -2.09. The van der Waals surface area contributed by atoms with Crippen LogP contribution in [-0.2, 0) is 0 Å². The smallest absolute Gasteiger partial charge is 0.335 e. The SMILES string of the molecule is C#C/C=C\C=C(/CF)C1CN(C(N)=O)N=C1CCCC.CC12CCC(CC1)C2(C)C. The summed E-state index contributed by atoms with van der Waals surface area (Å²) in [7, 11) is 0. The number of fused-ring (bicyclic) bond motifs is 2. The number of alkyl halides is 1. The Morgan fingerprint density at radius 3 is 2.43 bits per heavy atom. The van der Waals surface area contributed by atoms with Gasteiger partial charge in [0.15, 0.2) is 0 Å². The number of hydrazone groups is 1. The largest absolute Gasteiger partial charge is 0.350 e. The third-order valence-electron chi connectivity index (χ3n) is 7.82. The van der Waals surface area contributed by atoms with Gasteiger partial charge in [0.25, 0.3) is 0 Å². The van der Waals surface area contributed by atoms with Gasteiger partial charge in [-0.05, 0) is 66.9 Å². The lowest BCUT2D eigenvalue weighted by Crippen LogP contribution is -2.31. The number of unbranched alkanes of at least 4 members (excludes halogenated alkanes) is 1. The van der Waals surface area contributed by atoms with Gasteiger partial charge in [-0.3, -0.25) is 0 Å². The zero-order valence-electron chi connectivity index (χ0n) is 19.1. The van der Waals surface area contributed by atoms with E-state index in [1.807, 2.05) is 0 Å². The summed E-state index contributed by atoms with van der Waals surface area (Å²) in [6.45, 7) is 9.19. The molecular weight excluding hydrogens is 377 g/mol. The molecule has 166 valence electrons. The van der Waals surface area contributed by atoms with Gasteiger partial charge < -0.3 is 5.73 Å². The minimum atomic E-state index is -0.612. The molecule has 0 saturated heterocycles. The lowest BCUT2D eigenvalue weighted by Gasteiger charge is -2.34. The average molecular weight is 416 g/mol. The summed E-state index contributed by atoms with van der Waals surface area (Å²) in [4.78, 5) is 11.2. The van der Waals surface area contributed by atoms with Crippen LogP contribution in [0.5, 0.6) is 0 Å². The monoisotopic (exact) mass is 415 g/mol. The van der Waals surface area contributed by atoms with Crippen LogP contribution in [0.3, 0.4) is 0 Å². The van der Waals surface area contributed by atoms with Gasteiger partial charge in [0.1, 0.15) is 6.67 Å². The summed E-state index contributed by atoms with van der Waals surface area (Å²) >= 11 is 0. The highest BCUT2D eigenvalue weighted by Gasteiger charge is 2.55. The molecule has 1 heterocycles. The highest BCUT2D eigenvalue weighted by molar-refractivity contribution is 5.92. The summed E-state index contributed by atoms with van der Waals surface area (Å²) in [5, 5.41) is 5.41. The first kappa shape index (κ1) is 24.2. The van der Waals surface area contributed by atoms with Crippen LogP contribution < -0.4 is 5.73 Å². The third kappa shape index (κ3) is 5.14. The second-order valence-corrected chi connectivity index (χ2v) is 9.63. The van der Waals surface area contributed by atoms with E-state index in [9.17, 15) is 9.18 Å². The molecule has 0 aromatic rings. The van der Waals surface area contributed by atoms with Gasteiger partial charge >= 0.3 is 6.03 Å². The highest BCUT2D eigenvalue weighted by Crippen LogP contribution is 2.65. The molecule has 2 bridgehead atoms. The van der Waals surface area contributed by atoms with E-state index < -0.39 is 12.7 Å². The minimum absolute atomic E-state index is 0.207. The first-order valence-corrected chi connectivity index (χ1v) is 11.2. The van der Waals surface area contributed by atoms with E-state index >= 15 is 0 Å². The van der Waals surface area contributed by atoms with Crippen molar-refractivity contribution in [3.63, 3.8) is 0 Å². The number of hydrogen-bond acceptors (Lipinski definition) is 2. The maximum absolute atomic E-state index is 13.2. The van der Waals surface area contributed by atoms with E-state index in [0.29, 0.717) is 22.9 Å². The molecule has 2 fully saturated rings. The van der Waals surface area contributed by atoms with Gasteiger partial charge in [0.05, 0.1) is 6.54 Å². The first-order valence-electron chi connectivity index (χ1n) is 11.2. The van der Waals surface area contributed by atoms with Crippen molar-refractivity contribution in [2.75, 3.05) is 13.2 Å². The second-order valence-electron chi connectivity index (χ2n) is 9.63. The third-order valence-corrected chi connectivity index (χ3v) is 7.82. The fourth-order valence-electron chi connectivity index (χ4n) is 5.19. The maximum atomic E-state index is 13.2. The van der Waals surface area contributed by atoms with Gasteiger partial charge in [0.2, 0.25) is 0 Å². The quantitative estimate of drug-likeness (QED) is 0.429. The van der Waals surface area contributed by atoms with Crippen LogP contribution in [0.4, 0.5) is 9.18 Å². The lowest BCUT2D eigenvalue weighted by molar-refractivity contribution is 0.152. The molecule has 0 aromatic carbocycles. The summed E-state index contributed by atoms with van der Waals surface area (Å²) < 4.78 is 13.2. The Kier molecular flexibility index (Phi) is 8.29. The Balaban J connectivity index is 0.000000263. The van der Waals surface area contributed by atoms with Crippen molar-refractivity contribution in [3.8, 4) is 12.3 Å².